The van der Waals surface area contributed by atoms with Crippen LogP contribution >= 0.6 is 11.6 Å². The van der Waals surface area contributed by atoms with Gasteiger partial charge in [-0.3, -0.25) is 4.79 Å². The van der Waals surface area contributed by atoms with Gasteiger partial charge in [-0.1, -0.05) is 24.4 Å². The summed E-state index contributed by atoms with van der Waals surface area (Å²) < 4.78 is 13.4. The van der Waals surface area contributed by atoms with Crippen molar-refractivity contribution in [3.05, 3.63) is 23.0 Å². The number of nitrogens with zero attached hydrogens (tertiary/aromatic N) is 1. The Morgan fingerprint density at radius 2 is 2.17 bits per heavy atom. The maximum absolute atomic E-state index is 13.4. The molecule has 0 bridgehead atoms. The fraction of sp³-hybridized carbons (Fsp3) is 0.462. The third-order valence-electron chi connectivity index (χ3n) is 3.66. The van der Waals surface area contributed by atoms with Gasteiger partial charge in [0.25, 0.3) is 0 Å². The van der Waals surface area contributed by atoms with Crippen molar-refractivity contribution in [1.82, 2.24) is 0 Å². The van der Waals surface area contributed by atoms with Crippen molar-refractivity contribution in [3.63, 3.8) is 0 Å². The van der Waals surface area contributed by atoms with Crippen LogP contribution in [0.2, 0.25) is 5.02 Å². The van der Waals surface area contributed by atoms with Crippen molar-refractivity contribution in [2.24, 2.45) is 0 Å². The Labute approximate surface area is 110 Å². The molecule has 0 aliphatic carbocycles. The summed E-state index contributed by atoms with van der Waals surface area (Å²) in [5.41, 5.74) is 1.37. The number of halogens is 2. The second-order valence-electron chi connectivity index (χ2n) is 4.83. The molecule has 3 nitrogen and oxygen atoms in total. The van der Waals surface area contributed by atoms with Gasteiger partial charge in [0.05, 0.1) is 16.4 Å². The second kappa shape index (κ2) is 4.43. The van der Waals surface area contributed by atoms with Gasteiger partial charge in [0.2, 0.25) is 5.91 Å². The normalized spacial score (nSPS) is 22.9. The van der Waals surface area contributed by atoms with Crippen molar-refractivity contribution >= 4 is 28.9 Å². The largest absolute Gasteiger partial charge is 0.358 e. The molecule has 1 fully saturated rings. The zero-order valence-electron chi connectivity index (χ0n) is 9.88. The summed E-state index contributed by atoms with van der Waals surface area (Å²) in [5.74, 6) is -0.532. The third kappa shape index (κ3) is 1.85. The molecule has 1 atom stereocenters. The molecule has 0 radical (unpaired) electrons. The van der Waals surface area contributed by atoms with Gasteiger partial charge in [0.1, 0.15) is 11.9 Å². The van der Waals surface area contributed by atoms with Gasteiger partial charge in [-0.05, 0) is 18.9 Å². The Hall–Kier alpha value is -1.29. The zero-order valence-corrected chi connectivity index (χ0v) is 10.6. The molecular formula is C13H14ClFN2O. The first kappa shape index (κ1) is 11.8. The Morgan fingerprint density at radius 1 is 1.33 bits per heavy atom. The van der Waals surface area contributed by atoms with Crippen molar-refractivity contribution in [2.75, 3.05) is 16.8 Å². The number of benzene rings is 1. The van der Waals surface area contributed by atoms with E-state index < -0.39 is 5.82 Å². The van der Waals surface area contributed by atoms with E-state index in [-0.39, 0.29) is 17.0 Å². The van der Waals surface area contributed by atoms with Gasteiger partial charge < -0.3 is 10.2 Å². The van der Waals surface area contributed by atoms with E-state index in [1.165, 1.54) is 6.07 Å². The standard InChI is InChI=1S/C13H14ClFN2O/c14-8-6-12-10(7-9(8)15)16-13(18)11-4-2-1-3-5-17(11)12/h6-7,11H,1-5H2,(H,16,18). The predicted octanol–water partition coefficient (Wildman–Crippen LogP) is 3.18. The van der Waals surface area contributed by atoms with Crippen molar-refractivity contribution in [2.45, 2.75) is 31.7 Å². The van der Waals surface area contributed by atoms with E-state index in [1.54, 1.807) is 6.07 Å². The van der Waals surface area contributed by atoms with Crippen LogP contribution in [0, 0.1) is 5.82 Å². The van der Waals surface area contributed by atoms with E-state index in [1.807, 2.05) is 0 Å². The lowest BCUT2D eigenvalue weighted by molar-refractivity contribution is -0.117. The van der Waals surface area contributed by atoms with Crippen LogP contribution in [0.3, 0.4) is 0 Å². The molecule has 96 valence electrons. The van der Waals surface area contributed by atoms with E-state index in [9.17, 15) is 9.18 Å². The molecule has 2 aliphatic heterocycles. The lowest BCUT2D eigenvalue weighted by Gasteiger charge is -2.37. The van der Waals surface area contributed by atoms with Crippen LogP contribution in [0.5, 0.6) is 0 Å². The molecule has 18 heavy (non-hydrogen) atoms. The van der Waals surface area contributed by atoms with Gasteiger partial charge in [-0.2, -0.15) is 0 Å². The molecule has 0 aromatic heterocycles. The van der Waals surface area contributed by atoms with Gasteiger partial charge in [0, 0.05) is 12.6 Å². The summed E-state index contributed by atoms with van der Waals surface area (Å²) in [4.78, 5) is 14.1. The minimum atomic E-state index is -0.496. The van der Waals surface area contributed by atoms with Crippen molar-refractivity contribution in [1.29, 1.82) is 0 Å². The number of hydrogen-bond acceptors (Lipinski definition) is 2. The van der Waals surface area contributed by atoms with E-state index in [0.717, 1.165) is 37.9 Å². The molecule has 2 aliphatic rings. The highest BCUT2D eigenvalue weighted by molar-refractivity contribution is 6.31. The number of hydrogen-bond donors (Lipinski definition) is 1. The summed E-state index contributed by atoms with van der Waals surface area (Å²) in [6, 6.07) is 2.78. The highest BCUT2D eigenvalue weighted by Crippen LogP contribution is 2.38. The summed E-state index contributed by atoms with van der Waals surface area (Å²) in [7, 11) is 0. The number of amides is 1. The molecule has 0 spiro atoms. The molecule has 1 N–H and O–H groups in total. The molecule has 1 unspecified atom stereocenters. The maximum Gasteiger partial charge on any atom is 0.247 e. The van der Waals surface area contributed by atoms with Crippen LogP contribution < -0.4 is 10.2 Å². The average molecular weight is 269 g/mol. The lowest BCUT2D eigenvalue weighted by Crippen LogP contribution is -2.47. The first-order valence-corrected chi connectivity index (χ1v) is 6.61. The Morgan fingerprint density at radius 3 is 3.00 bits per heavy atom. The van der Waals surface area contributed by atoms with Crippen LogP contribution in [0.1, 0.15) is 25.7 Å². The van der Waals surface area contributed by atoms with Gasteiger partial charge in [0.15, 0.2) is 0 Å². The SMILES string of the molecule is O=C1Nc2cc(F)c(Cl)cc2N2CCCCCC12. The molecule has 5 heteroatoms. The molecule has 3 rings (SSSR count). The smallest absolute Gasteiger partial charge is 0.247 e. The molecule has 1 saturated heterocycles. The first-order valence-electron chi connectivity index (χ1n) is 6.23. The molecule has 1 aromatic rings. The molecule has 1 aromatic carbocycles. The zero-order chi connectivity index (χ0) is 12.7. The highest BCUT2D eigenvalue weighted by Gasteiger charge is 2.34. The number of carbonyl (C=O) groups excluding carboxylic acids is 1. The van der Waals surface area contributed by atoms with Gasteiger partial charge in [-0.25, -0.2) is 4.39 Å². The lowest BCUT2D eigenvalue weighted by atomic mass is 10.0. The van der Waals surface area contributed by atoms with Crippen LogP contribution in [0.4, 0.5) is 15.8 Å². The van der Waals surface area contributed by atoms with Crippen LogP contribution in [-0.2, 0) is 4.79 Å². The first-order chi connectivity index (χ1) is 8.66. The third-order valence-corrected chi connectivity index (χ3v) is 3.95. The van der Waals surface area contributed by atoms with Gasteiger partial charge >= 0.3 is 0 Å². The molecule has 0 saturated carbocycles. The number of rotatable bonds is 0. The quantitative estimate of drug-likeness (QED) is 0.784. The summed E-state index contributed by atoms with van der Waals surface area (Å²) in [6.45, 7) is 0.826. The predicted molar refractivity (Wildman–Crippen MR) is 69.6 cm³/mol. The summed E-state index contributed by atoms with van der Waals surface area (Å²) >= 11 is 5.84. The molecule has 1 amide bonds. The van der Waals surface area contributed by atoms with E-state index in [2.05, 4.69) is 10.2 Å². The minimum Gasteiger partial charge on any atom is -0.358 e. The fourth-order valence-electron chi connectivity index (χ4n) is 2.76. The maximum atomic E-state index is 13.4. The van der Waals surface area contributed by atoms with E-state index in [0.29, 0.717) is 5.69 Å². The Kier molecular flexibility index (Phi) is 2.90. The monoisotopic (exact) mass is 268 g/mol. The number of carbonyl (C=O) groups is 1. The van der Waals surface area contributed by atoms with Crippen LogP contribution in [-0.4, -0.2) is 18.5 Å². The van der Waals surface area contributed by atoms with Crippen molar-refractivity contribution < 1.29 is 9.18 Å². The van der Waals surface area contributed by atoms with Crippen molar-refractivity contribution in [3.8, 4) is 0 Å². The number of fused-ring (bicyclic) bond motifs is 3. The fourth-order valence-corrected chi connectivity index (χ4v) is 2.92. The molecular weight excluding hydrogens is 255 g/mol. The topological polar surface area (TPSA) is 32.3 Å². The summed E-state index contributed by atoms with van der Waals surface area (Å²) in [6.07, 6.45) is 4.09. The van der Waals surface area contributed by atoms with Crippen LogP contribution in [0.15, 0.2) is 12.1 Å². The Bertz CT molecular complexity index is 506. The van der Waals surface area contributed by atoms with E-state index >= 15 is 0 Å². The highest BCUT2D eigenvalue weighted by atomic mass is 35.5. The average Bonchev–Trinajstić information content (AvgIpc) is 2.58. The number of anilines is 2. The van der Waals surface area contributed by atoms with Crippen LogP contribution in [0.25, 0.3) is 0 Å². The number of nitrogens with one attached hydrogen (secondary N) is 1. The molecule has 2 heterocycles. The van der Waals surface area contributed by atoms with E-state index in [4.69, 9.17) is 11.6 Å². The second-order valence-corrected chi connectivity index (χ2v) is 5.24. The Balaban J connectivity index is 2.08. The summed E-state index contributed by atoms with van der Waals surface area (Å²) in [5, 5.41) is 2.88. The minimum absolute atomic E-state index is 0.0360. The van der Waals surface area contributed by atoms with Gasteiger partial charge in [-0.15, -0.1) is 0 Å².